The summed E-state index contributed by atoms with van der Waals surface area (Å²) >= 11 is 6.11. The van der Waals surface area contributed by atoms with Gasteiger partial charge in [0.15, 0.2) is 0 Å². The highest BCUT2D eigenvalue weighted by atomic mass is 35.5. The highest BCUT2D eigenvalue weighted by molar-refractivity contribution is 6.18. The molecule has 1 saturated heterocycles. The van der Waals surface area contributed by atoms with E-state index in [4.69, 9.17) is 11.6 Å². The minimum Gasteiger partial charge on any atom is -0.295 e. The van der Waals surface area contributed by atoms with E-state index in [1.807, 2.05) is 0 Å². The first-order valence-electron chi connectivity index (χ1n) is 5.68. The number of nitrogens with zero attached hydrogens (tertiary/aromatic N) is 1. The SMILES string of the molecule is Cc1ccccc1C(CCl)N1CCCC1. The number of rotatable bonds is 3. The topological polar surface area (TPSA) is 3.24 Å². The number of alkyl halides is 1. The van der Waals surface area contributed by atoms with Gasteiger partial charge in [-0.05, 0) is 44.0 Å². The molecule has 0 amide bonds. The van der Waals surface area contributed by atoms with Crippen LogP contribution in [-0.2, 0) is 0 Å². The predicted molar refractivity (Wildman–Crippen MR) is 65.4 cm³/mol. The molecule has 0 radical (unpaired) electrons. The van der Waals surface area contributed by atoms with Crippen molar-refractivity contribution in [3.63, 3.8) is 0 Å². The molecule has 2 rings (SSSR count). The molecule has 1 heterocycles. The number of hydrogen-bond donors (Lipinski definition) is 0. The fraction of sp³-hybridized carbons (Fsp3) is 0.538. The highest BCUT2D eigenvalue weighted by Crippen LogP contribution is 2.28. The first-order valence-corrected chi connectivity index (χ1v) is 6.22. The van der Waals surface area contributed by atoms with Crippen LogP contribution in [0.1, 0.15) is 30.0 Å². The second-order valence-electron chi connectivity index (χ2n) is 4.27. The van der Waals surface area contributed by atoms with E-state index in [1.54, 1.807) is 0 Å². The summed E-state index contributed by atoms with van der Waals surface area (Å²) in [5.41, 5.74) is 2.75. The molecule has 1 fully saturated rings. The van der Waals surface area contributed by atoms with Gasteiger partial charge in [0.25, 0.3) is 0 Å². The first-order chi connectivity index (χ1) is 7.33. The molecule has 0 spiro atoms. The fourth-order valence-corrected chi connectivity index (χ4v) is 2.75. The van der Waals surface area contributed by atoms with Gasteiger partial charge in [0.05, 0.1) is 0 Å². The number of hydrogen-bond acceptors (Lipinski definition) is 1. The molecular formula is C13H18ClN. The van der Waals surface area contributed by atoms with E-state index >= 15 is 0 Å². The third-order valence-electron chi connectivity index (χ3n) is 3.28. The summed E-state index contributed by atoms with van der Waals surface area (Å²) in [7, 11) is 0. The van der Waals surface area contributed by atoms with Crippen molar-refractivity contribution in [2.75, 3.05) is 19.0 Å². The van der Waals surface area contributed by atoms with Crippen LogP contribution in [0.2, 0.25) is 0 Å². The Morgan fingerprint density at radius 3 is 2.53 bits per heavy atom. The van der Waals surface area contributed by atoms with Gasteiger partial charge in [-0.3, -0.25) is 4.90 Å². The Hall–Kier alpha value is -0.530. The second kappa shape index (κ2) is 5.00. The minimum absolute atomic E-state index is 0.412. The molecule has 0 aromatic heterocycles. The first kappa shape index (κ1) is 11.0. The third kappa shape index (κ3) is 2.35. The van der Waals surface area contributed by atoms with Crippen molar-refractivity contribution in [2.45, 2.75) is 25.8 Å². The lowest BCUT2D eigenvalue weighted by atomic mass is 10.0. The van der Waals surface area contributed by atoms with E-state index in [1.165, 1.54) is 37.1 Å². The summed E-state index contributed by atoms with van der Waals surface area (Å²) in [4.78, 5) is 2.51. The van der Waals surface area contributed by atoms with Gasteiger partial charge in [-0.15, -0.1) is 11.6 Å². The van der Waals surface area contributed by atoms with E-state index in [2.05, 4.69) is 36.1 Å². The summed E-state index contributed by atoms with van der Waals surface area (Å²) in [6.45, 7) is 4.57. The molecular weight excluding hydrogens is 206 g/mol. The van der Waals surface area contributed by atoms with E-state index in [0.29, 0.717) is 11.9 Å². The van der Waals surface area contributed by atoms with Crippen LogP contribution in [0.4, 0.5) is 0 Å². The van der Waals surface area contributed by atoms with Gasteiger partial charge in [-0.1, -0.05) is 24.3 Å². The van der Waals surface area contributed by atoms with Crippen LogP contribution in [0.3, 0.4) is 0 Å². The van der Waals surface area contributed by atoms with Gasteiger partial charge in [0, 0.05) is 11.9 Å². The molecule has 1 aromatic carbocycles. The summed E-state index contributed by atoms with van der Waals surface area (Å²) in [6, 6.07) is 8.99. The highest BCUT2D eigenvalue weighted by Gasteiger charge is 2.23. The average molecular weight is 224 g/mol. The summed E-state index contributed by atoms with van der Waals surface area (Å²) < 4.78 is 0. The Morgan fingerprint density at radius 2 is 1.93 bits per heavy atom. The van der Waals surface area contributed by atoms with Gasteiger partial charge in [0.2, 0.25) is 0 Å². The zero-order chi connectivity index (χ0) is 10.7. The van der Waals surface area contributed by atoms with E-state index in [9.17, 15) is 0 Å². The molecule has 15 heavy (non-hydrogen) atoms. The van der Waals surface area contributed by atoms with E-state index in [0.717, 1.165) is 0 Å². The van der Waals surface area contributed by atoms with Crippen molar-refractivity contribution in [2.24, 2.45) is 0 Å². The second-order valence-corrected chi connectivity index (χ2v) is 4.58. The number of aryl methyl sites for hydroxylation is 1. The normalized spacial score (nSPS) is 19.3. The lowest BCUT2D eigenvalue weighted by molar-refractivity contribution is 0.265. The molecule has 1 unspecified atom stereocenters. The largest absolute Gasteiger partial charge is 0.295 e. The fourth-order valence-electron chi connectivity index (χ4n) is 2.39. The molecule has 1 nitrogen and oxygen atoms in total. The lowest BCUT2D eigenvalue weighted by Crippen LogP contribution is -2.27. The molecule has 1 atom stereocenters. The molecule has 1 aromatic rings. The zero-order valence-corrected chi connectivity index (χ0v) is 10.0. The van der Waals surface area contributed by atoms with Crippen LogP contribution in [0.15, 0.2) is 24.3 Å². The average Bonchev–Trinajstić information content (AvgIpc) is 2.75. The van der Waals surface area contributed by atoms with Gasteiger partial charge in [0.1, 0.15) is 0 Å². The lowest BCUT2D eigenvalue weighted by Gasteiger charge is -2.27. The van der Waals surface area contributed by atoms with Crippen LogP contribution in [-0.4, -0.2) is 23.9 Å². The molecule has 2 heteroatoms. The predicted octanol–water partition coefficient (Wildman–Crippen LogP) is 3.37. The van der Waals surface area contributed by atoms with Gasteiger partial charge >= 0.3 is 0 Å². The van der Waals surface area contributed by atoms with Gasteiger partial charge in [-0.25, -0.2) is 0 Å². The van der Waals surface area contributed by atoms with Crippen LogP contribution in [0.5, 0.6) is 0 Å². The number of likely N-dealkylation sites (tertiary alicyclic amines) is 1. The van der Waals surface area contributed by atoms with E-state index in [-0.39, 0.29) is 0 Å². The van der Waals surface area contributed by atoms with Crippen LogP contribution in [0, 0.1) is 6.92 Å². The molecule has 0 aliphatic carbocycles. The Bertz CT molecular complexity index is 318. The van der Waals surface area contributed by atoms with Gasteiger partial charge < -0.3 is 0 Å². The third-order valence-corrected chi connectivity index (χ3v) is 3.57. The Labute approximate surface area is 97.0 Å². The Kier molecular flexibility index (Phi) is 3.66. The molecule has 1 aliphatic heterocycles. The maximum absolute atomic E-state index is 6.11. The summed E-state index contributed by atoms with van der Waals surface area (Å²) in [5, 5.41) is 0. The minimum atomic E-state index is 0.412. The number of benzene rings is 1. The van der Waals surface area contributed by atoms with Crippen molar-refractivity contribution < 1.29 is 0 Å². The molecule has 0 saturated carbocycles. The summed E-state index contributed by atoms with van der Waals surface area (Å²) in [5.74, 6) is 0.699. The standard InChI is InChI=1S/C13H18ClN/c1-11-6-2-3-7-12(11)13(10-14)15-8-4-5-9-15/h2-3,6-7,13H,4-5,8-10H2,1H3. The van der Waals surface area contributed by atoms with Crippen LogP contribution < -0.4 is 0 Å². The molecule has 1 aliphatic rings. The van der Waals surface area contributed by atoms with Crippen molar-refractivity contribution in [3.8, 4) is 0 Å². The maximum atomic E-state index is 6.11. The van der Waals surface area contributed by atoms with Crippen molar-refractivity contribution >= 4 is 11.6 Å². The number of halogens is 1. The monoisotopic (exact) mass is 223 g/mol. The van der Waals surface area contributed by atoms with Crippen LogP contribution in [0.25, 0.3) is 0 Å². The quantitative estimate of drug-likeness (QED) is 0.711. The Balaban J connectivity index is 2.22. The molecule has 0 N–H and O–H groups in total. The molecule has 0 bridgehead atoms. The van der Waals surface area contributed by atoms with Crippen molar-refractivity contribution in [3.05, 3.63) is 35.4 Å². The zero-order valence-electron chi connectivity index (χ0n) is 9.25. The van der Waals surface area contributed by atoms with Crippen molar-refractivity contribution in [1.82, 2.24) is 4.90 Å². The maximum Gasteiger partial charge on any atom is 0.0486 e. The Morgan fingerprint density at radius 1 is 1.27 bits per heavy atom. The van der Waals surface area contributed by atoms with Crippen molar-refractivity contribution in [1.29, 1.82) is 0 Å². The van der Waals surface area contributed by atoms with E-state index < -0.39 is 0 Å². The molecule has 82 valence electrons. The van der Waals surface area contributed by atoms with Gasteiger partial charge in [-0.2, -0.15) is 0 Å². The summed E-state index contributed by atoms with van der Waals surface area (Å²) in [6.07, 6.45) is 2.64. The smallest absolute Gasteiger partial charge is 0.0486 e. The van der Waals surface area contributed by atoms with Crippen LogP contribution >= 0.6 is 11.6 Å².